The number of hydrogen-bond donors (Lipinski definition) is 3. The van der Waals surface area contributed by atoms with Gasteiger partial charge in [-0.05, 0) is 51.8 Å². The van der Waals surface area contributed by atoms with E-state index in [1.807, 2.05) is 11.8 Å². The number of anilines is 2. The zero-order chi connectivity index (χ0) is 26.4. The smallest absolute Gasteiger partial charge is 0.407 e. The number of benzene rings is 1. The predicted molar refractivity (Wildman–Crippen MR) is 141 cm³/mol. The van der Waals surface area contributed by atoms with Crippen LogP contribution in [0.1, 0.15) is 50.9 Å². The standard InChI is InChI=1S/C24H26Cl2N4O5S/c1-11-7-14(18(26)17(11)25)20(31)29-22-28-19-15(8-12(21(32)33)9-16(19)36-22)30-6-5-13(10-30)27-23(34)35-24(2,3)4/h8-9,13H,5-7,10H2,1-4H3,(H,27,34)(H,32,33)(H,28,29,31)/t13-/m0/s1. The van der Waals surface area contributed by atoms with Gasteiger partial charge in [-0.2, -0.15) is 0 Å². The number of thiazole rings is 1. The van der Waals surface area contributed by atoms with E-state index in [-0.39, 0.29) is 16.6 Å². The highest BCUT2D eigenvalue weighted by Gasteiger charge is 2.29. The van der Waals surface area contributed by atoms with E-state index in [4.69, 9.17) is 27.9 Å². The van der Waals surface area contributed by atoms with Crippen molar-refractivity contribution in [2.45, 2.75) is 52.2 Å². The summed E-state index contributed by atoms with van der Waals surface area (Å²) >= 11 is 13.5. The topological polar surface area (TPSA) is 121 Å². The number of carbonyl (C=O) groups excluding carboxylic acids is 2. The minimum Gasteiger partial charge on any atom is -0.478 e. The molecule has 9 nitrogen and oxygen atoms in total. The number of carbonyl (C=O) groups is 3. The number of hydrogen-bond acceptors (Lipinski definition) is 7. The molecule has 4 rings (SSSR count). The van der Waals surface area contributed by atoms with E-state index in [2.05, 4.69) is 15.6 Å². The van der Waals surface area contributed by atoms with Crippen molar-refractivity contribution >= 4 is 73.5 Å². The zero-order valence-electron chi connectivity index (χ0n) is 20.2. The molecule has 1 atom stereocenters. The van der Waals surface area contributed by atoms with Gasteiger partial charge in [0.05, 0.1) is 32.1 Å². The lowest BCUT2D eigenvalue weighted by Crippen LogP contribution is -2.40. The van der Waals surface area contributed by atoms with Crippen molar-refractivity contribution in [3.05, 3.63) is 38.9 Å². The maximum absolute atomic E-state index is 12.8. The molecular weight excluding hydrogens is 527 g/mol. The van der Waals surface area contributed by atoms with Crippen molar-refractivity contribution in [2.24, 2.45) is 0 Å². The number of amides is 2. The summed E-state index contributed by atoms with van der Waals surface area (Å²) < 4.78 is 5.96. The van der Waals surface area contributed by atoms with Gasteiger partial charge in [-0.3, -0.25) is 10.1 Å². The molecule has 12 heteroatoms. The number of nitrogens with one attached hydrogen (secondary N) is 2. The lowest BCUT2D eigenvalue weighted by molar-refractivity contribution is -0.112. The Labute approximate surface area is 222 Å². The van der Waals surface area contributed by atoms with E-state index < -0.39 is 23.6 Å². The van der Waals surface area contributed by atoms with Crippen LogP contribution < -0.4 is 15.5 Å². The van der Waals surface area contributed by atoms with Gasteiger partial charge >= 0.3 is 12.1 Å². The fraction of sp³-hybridized carbons (Fsp3) is 0.417. The first-order valence-electron chi connectivity index (χ1n) is 11.3. The van der Waals surface area contributed by atoms with Crippen molar-refractivity contribution in [3.8, 4) is 0 Å². The summed E-state index contributed by atoms with van der Waals surface area (Å²) in [6, 6.07) is 2.93. The molecule has 1 fully saturated rings. The summed E-state index contributed by atoms with van der Waals surface area (Å²) in [5, 5.41) is 16.2. The number of allylic oxidation sites excluding steroid dienone is 3. The van der Waals surface area contributed by atoms with Gasteiger partial charge in [-0.1, -0.05) is 34.5 Å². The molecule has 0 bridgehead atoms. The van der Waals surface area contributed by atoms with Gasteiger partial charge in [0.2, 0.25) is 0 Å². The Balaban J connectivity index is 1.57. The summed E-state index contributed by atoms with van der Waals surface area (Å²) in [4.78, 5) is 43.4. The van der Waals surface area contributed by atoms with Crippen molar-refractivity contribution in [2.75, 3.05) is 23.3 Å². The SMILES string of the molecule is CC1=C(Cl)C(Cl)=C(C(=O)Nc2nc3c(N4CC[C@H](NC(=O)OC(C)(C)C)C4)cc(C(=O)O)cc3s2)C1. The minimum atomic E-state index is -1.07. The number of carboxylic acids is 1. The molecule has 0 spiro atoms. The molecule has 0 saturated carbocycles. The number of aromatic carboxylic acids is 1. The Bertz CT molecular complexity index is 1330. The van der Waals surface area contributed by atoms with Crippen molar-refractivity contribution in [3.63, 3.8) is 0 Å². The van der Waals surface area contributed by atoms with E-state index >= 15 is 0 Å². The van der Waals surface area contributed by atoms with Crippen LogP contribution in [0.2, 0.25) is 0 Å². The summed E-state index contributed by atoms with van der Waals surface area (Å²) in [6.45, 7) is 8.24. The van der Waals surface area contributed by atoms with Gasteiger partial charge in [0.1, 0.15) is 11.1 Å². The number of ether oxygens (including phenoxy) is 1. The summed E-state index contributed by atoms with van der Waals surface area (Å²) in [6.07, 6.45) is 0.510. The molecule has 2 amide bonds. The van der Waals surface area contributed by atoms with Gasteiger partial charge in [0.25, 0.3) is 5.91 Å². The first kappa shape index (κ1) is 26.2. The van der Waals surface area contributed by atoms with Gasteiger partial charge in [-0.15, -0.1) is 0 Å². The van der Waals surface area contributed by atoms with E-state index in [0.717, 1.165) is 5.57 Å². The fourth-order valence-corrected chi connectivity index (χ4v) is 5.51. The molecule has 1 saturated heterocycles. The van der Waals surface area contributed by atoms with Gasteiger partial charge < -0.3 is 20.1 Å². The van der Waals surface area contributed by atoms with Gasteiger partial charge in [0, 0.05) is 25.1 Å². The average Bonchev–Trinajstić information content (AvgIpc) is 3.45. The number of rotatable bonds is 5. The second kappa shape index (κ2) is 9.91. The van der Waals surface area contributed by atoms with Crippen LogP contribution in [0, 0.1) is 0 Å². The summed E-state index contributed by atoms with van der Waals surface area (Å²) in [7, 11) is 0. The number of carboxylic acid groups (broad SMARTS) is 1. The number of aromatic nitrogens is 1. The van der Waals surface area contributed by atoms with Crippen LogP contribution in [0.3, 0.4) is 0 Å². The quantitative estimate of drug-likeness (QED) is 0.451. The first-order chi connectivity index (χ1) is 16.8. The van der Waals surface area contributed by atoms with Gasteiger partial charge in [-0.25, -0.2) is 14.6 Å². The Morgan fingerprint density at radius 3 is 2.56 bits per heavy atom. The Morgan fingerprint density at radius 1 is 1.22 bits per heavy atom. The second-order valence-corrected chi connectivity index (χ2v) is 11.5. The molecule has 1 aromatic carbocycles. The number of halogens is 2. The predicted octanol–water partition coefficient (Wildman–Crippen LogP) is 5.45. The molecular formula is C24H26Cl2N4O5S. The summed E-state index contributed by atoms with van der Waals surface area (Å²) in [5.41, 5.74) is 1.86. The van der Waals surface area contributed by atoms with Crippen LogP contribution >= 0.6 is 34.5 Å². The molecule has 1 aliphatic carbocycles. The van der Waals surface area contributed by atoms with Crippen LogP contribution in [-0.4, -0.2) is 52.8 Å². The molecule has 1 aromatic heterocycles. The van der Waals surface area contributed by atoms with E-state index in [1.165, 1.54) is 17.4 Å². The third kappa shape index (κ3) is 5.61. The molecule has 2 aromatic rings. The van der Waals surface area contributed by atoms with Crippen molar-refractivity contribution in [1.29, 1.82) is 0 Å². The lowest BCUT2D eigenvalue weighted by atomic mass is 10.1. The lowest BCUT2D eigenvalue weighted by Gasteiger charge is -2.22. The summed E-state index contributed by atoms with van der Waals surface area (Å²) in [5.74, 6) is -1.48. The van der Waals surface area contributed by atoms with Crippen LogP contribution in [0.5, 0.6) is 0 Å². The fourth-order valence-electron chi connectivity index (χ4n) is 4.09. The Hall–Kier alpha value is -2.82. The van der Waals surface area contributed by atoms with Crippen molar-refractivity contribution in [1.82, 2.24) is 10.3 Å². The number of fused-ring (bicyclic) bond motifs is 1. The van der Waals surface area contributed by atoms with Crippen LogP contribution in [0.25, 0.3) is 10.2 Å². The number of nitrogens with zero attached hydrogens (tertiary/aromatic N) is 2. The third-order valence-electron chi connectivity index (χ3n) is 5.74. The Kier molecular flexibility index (Phi) is 7.23. The second-order valence-electron chi connectivity index (χ2n) is 9.76. The minimum absolute atomic E-state index is 0.107. The van der Waals surface area contributed by atoms with Crippen LogP contribution in [0.15, 0.2) is 33.3 Å². The highest BCUT2D eigenvalue weighted by atomic mass is 35.5. The van der Waals surface area contributed by atoms with Crippen molar-refractivity contribution < 1.29 is 24.2 Å². The monoisotopic (exact) mass is 552 g/mol. The molecule has 2 aliphatic rings. The Morgan fingerprint density at radius 2 is 1.94 bits per heavy atom. The van der Waals surface area contributed by atoms with Crippen LogP contribution in [0.4, 0.5) is 15.6 Å². The molecule has 36 heavy (non-hydrogen) atoms. The molecule has 3 N–H and O–H groups in total. The van der Waals surface area contributed by atoms with Crippen LogP contribution in [-0.2, 0) is 9.53 Å². The van der Waals surface area contributed by atoms with E-state index in [1.54, 1.807) is 26.8 Å². The molecule has 192 valence electrons. The van der Waals surface area contributed by atoms with Gasteiger partial charge in [0.15, 0.2) is 5.13 Å². The maximum Gasteiger partial charge on any atom is 0.407 e. The maximum atomic E-state index is 12.8. The zero-order valence-corrected chi connectivity index (χ0v) is 22.5. The molecule has 0 radical (unpaired) electrons. The molecule has 0 unspecified atom stereocenters. The average molecular weight is 553 g/mol. The first-order valence-corrected chi connectivity index (χ1v) is 12.9. The highest BCUT2D eigenvalue weighted by molar-refractivity contribution is 7.22. The highest BCUT2D eigenvalue weighted by Crippen LogP contribution is 2.39. The molecule has 2 heterocycles. The van der Waals surface area contributed by atoms with E-state index in [9.17, 15) is 19.5 Å². The van der Waals surface area contributed by atoms with E-state index in [0.29, 0.717) is 57.6 Å². The molecule has 1 aliphatic heterocycles. The third-order valence-corrected chi connectivity index (χ3v) is 7.68. The largest absolute Gasteiger partial charge is 0.478 e. The normalized spacial score (nSPS) is 18.3. The number of alkyl carbamates (subject to hydrolysis) is 1.